The molecular formula is C19H23ClN4OS. The van der Waals surface area contributed by atoms with Crippen LogP contribution in [0, 0.1) is 0 Å². The highest BCUT2D eigenvalue weighted by Crippen LogP contribution is 2.23. The molecule has 26 heavy (non-hydrogen) atoms. The third-order valence-corrected chi connectivity index (χ3v) is 5.09. The molecule has 0 amide bonds. The van der Waals surface area contributed by atoms with Gasteiger partial charge in [0.2, 0.25) is 5.13 Å². The summed E-state index contributed by atoms with van der Waals surface area (Å²) in [6, 6.07) is 7.56. The summed E-state index contributed by atoms with van der Waals surface area (Å²) in [6.45, 7) is 2.64. The molecule has 0 radical (unpaired) electrons. The van der Waals surface area contributed by atoms with Crippen LogP contribution in [0.3, 0.4) is 0 Å². The maximum Gasteiger partial charge on any atom is 0.202 e. The van der Waals surface area contributed by atoms with Crippen molar-refractivity contribution in [2.45, 2.75) is 19.3 Å². The van der Waals surface area contributed by atoms with Crippen molar-refractivity contribution < 1.29 is 4.74 Å². The monoisotopic (exact) mass is 390 g/mol. The Balaban J connectivity index is 1.37. The summed E-state index contributed by atoms with van der Waals surface area (Å²) in [7, 11) is 1.74. The number of hydrogen-bond acceptors (Lipinski definition) is 6. The summed E-state index contributed by atoms with van der Waals surface area (Å²) >= 11 is 7.28. The van der Waals surface area contributed by atoms with Gasteiger partial charge in [-0.05, 0) is 61.7 Å². The second kappa shape index (κ2) is 9.71. The number of nitrogens with one attached hydrogen (secondary N) is 2. The minimum absolute atomic E-state index is 0.714. The quantitative estimate of drug-likeness (QED) is 0.617. The second-order valence-electron chi connectivity index (χ2n) is 5.97. The van der Waals surface area contributed by atoms with Crippen LogP contribution in [0.5, 0.6) is 0 Å². The van der Waals surface area contributed by atoms with E-state index >= 15 is 0 Å². The average Bonchev–Trinajstić information content (AvgIpc) is 3.14. The van der Waals surface area contributed by atoms with E-state index in [0.717, 1.165) is 61.2 Å². The first-order valence-electron chi connectivity index (χ1n) is 8.73. The van der Waals surface area contributed by atoms with Crippen molar-refractivity contribution in [3.63, 3.8) is 0 Å². The summed E-state index contributed by atoms with van der Waals surface area (Å²) in [5, 5.41) is 8.32. The molecule has 138 valence electrons. The van der Waals surface area contributed by atoms with E-state index in [0.29, 0.717) is 5.02 Å². The summed E-state index contributed by atoms with van der Waals surface area (Å²) in [6.07, 6.45) is 7.47. The van der Waals surface area contributed by atoms with Crippen molar-refractivity contribution >= 4 is 28.3 Å². The smallest absolute Gasteiger partial charge is 0.202 e. The zero-order chi connectivity index (χ0) is 18.2. The van der Waals surface area contributed by atoms with Gasteiger partial charge in [0.25, 0.3) is 0 Å². The maximum absolute atomic E-state index is 5.91. The molecule has 0 spiro atoms. The van der Waals surface area contributed by atoms with E-state index in [2.05, 4.69) is 32.1 Å². The van der Waals surface area contributed by atoms with E-state index in [1.807, 2.05) is 24.3 Å². The number of hydrogen-bond donors (Lipinski definition) is 2. The minimum atomic E-state index is 0.714. The van der Waals surface area contributed by atoms with E-state index in [9.17, 15) is 0 Å². The molecule has 3 rings (SSSR count). The number of allylic oxidation sites excluding steroid dienone is 2. The van der Waals surface area contributed by atoms with Gasteiger partial charge in [-0.25, -0.2) is 0 Å². The lowest BCUT2D eigenvalue weighted by molar-refractivity contribution is 0.297. The first kappa shape index (κ1) is 18.9. The highest BCUT2D eigenvalue weighted by molar-refractivity contribution is 7.09. The summed E-state index contributed by atoms with van der Waals surface area (Å²) in [5.41, 5.74) is 2.37. The van der Waals surface area contributed by atoms with Crippen LogP contribution in [0.1, 0.15) is 19.3 Å². The molecule has 0 saturated heterocycles. The molecule has 0 bridgehead atoms. The molecular weight excluding hydrogens is 368 g/mol. The van der Waals surface area contributed by atoms with Gasteiger partial charge in [0.05, 0.1) is 7.11 Å². The fourth-order valence-electron chi connectivity index (χ4n) is 2.78. The molecule has 2 N–H and O–H groups in total. The molecule has 0 unspecified atom stereocenters. The first-order valence-corrected chi connectivity index (χ1v) is 9.88. The summed E-state index contributed by atoms with van der Waals surface area (Å²) in [4.78, 5) is 4.52. The van der Waals surface area contributed by atoms with Crippen LogP contribution >= 0.6 is 23.1 Å². The van der Waals surface area contributed by atoms with Gasteiger partial charge in [-0.1, -0.05) is 17.7 Å². The van der Waals surface area contributed by atoms with Crippen LogP contribution in [0.15, 0.2) is 47.7 Å². The van der Waals surface area contributed by atoms with Crippen molar-refractivity contribution in [1.82, 2.24) is 14.7 Å². The van der Waals surface area contributed by atoms with Crippen molar-refractivity contribution in [3.05, 3.63) is 52.8 Å². The van der Waals surface area contributed by atoms with Crippen LogP contribution in [-0.4, -0.2) is 36.1 Å². The molecule has 0 aliphatic heterocycles. The topological polar surface area (TPSA) is 59.1 Å². The van der Waals surface area contributed by atoms with Crippen LogP contribution in [-0.2, 0) is 4.74 Å². The van der Waals surface area contributed by atoms with E-state index in [-0.39, 0.29) is 0 Å². The maximum atomic E-state index is 5.91. The van der Waals surface area contributed by atoms with E-state index in [4.69, 9.17) is 16.3 Å². The van der Waals surface area contributed by atoms with Gasteiger partial charge >= 0.3 is 0 Å². The SMILES string of the molecule is COC1=C(CCNCCNc2nc(-c3ccc(Cl)cc3)ns2)CCC=C1. The largest absolute Gasteiger partial charge is 0.497 e. The van der Waals surface area contributed by atoms with Crippen LogP contribution in [0.25, 0.3) is 11.4 Å². The number of halogens is 1. The van der Waals surface area contributed by atoms with Crippen molar-refractivity contribution in [2.24, 2.45) is 0 Å². The lowest BCUT2D eigenvalue weighted by atomic mass is 10.0. The van der Waals surface area contributed by atoms with Crippen molar-refractivity contribution in [2.75, 3.05) is 32.1 Å². The summed E-state index contributed by atoms with van der Waals surface area (Å²) < 4.78 is 9.80. The number of methoxy groups -OCH3 is 1. The van der Waals surface area contributed by atoms with Gasteiger partial charge in [0.15, 0.2) is 5.82 Å². The molecule has 1 heterocycles. The Bertz CT molecular complexity index is 770. The fourth-order valence-corrected chi connectivity index (χ4v) is 3.52. The average molecular weight is 391 g/mol. The Morgan fingerprint density at radius 2 is 2.04 bits per heavy atom. The molecule has 1 aliphatic carbocycles. The van der Waals surface area contributed by atoms with Crippen LogP contribution in [0.4, 0.5) is 5.13 Å². The molecule has 5 nitrogen and oxygen atoms in total. The standard InChI is InChI=1S/C19H23ClN4OS/c1-25-17-5-3-2-4-14(17)10-11-21-12-13-22-19-23-18(24-26-19)15-6-8-16(20)9-7-15/h3,5-9,21H,2,4,10-13H2,1H3,(H,22,23,24). The Hall–Kier alpha value is -1.89. The normalized spacial score (nSPS) is 13.9. The van der Waals surface area contributed by atoms with Crippen molar-refractivity contribution in [1.29, 1.82) is 0 Å². The number of nitrogens with zero attached hydrogens (tertiary/aromatic N) is 2. The molecule has 1 aliphatic rings. The third kappa shape index (κ3) is 5.30. The lowest BCUT2D eigenvalue weighted by Gasteiger charge is -2.15. The Morgan fingerprint density at radius 1 is 1.19 bits per heavy atom. The number of benzene rings is 1. The number of rotatable bonds is 9. The van der Waals surface area contributed by atoms with Crippen LogP contribution in [0.2, 0.25) is 5.02 Å². The zero-order valence-corrected chi connectivity index (χ0v) is 16.4. The molecule has 2 aromatic rings. The van der Waals surface area contributed by atoms with Gasteiger partial charge in [0.1, 0.15) is 5.76 Å². The molecule has 1 aromatic carbocycles. The number of anilines is 1. The number of aromatic nitrogens is 2. The minimum Gasteiger partial charge on any atom is -0.497 e. The molecule has 7 heteroatoms. The highest BCUT2D eigenvalue weighted by Gasteiger charge is 2.08. The first-order chi connectivity index (χ1) is 12.8. The Morgan fingerprint density at radius 3 is 2.85 bits per heavy atom. The fraction of sp³-hybridized carbons (Fsp3) is 0.368. The molecule has 0 atom stereocenters. The van der Waals surface area contributed by atoms with Gasteiger partial charge in [-0.2, -0.15) is 9.36 Å². The van der Waals surface area contributed by atoms with Gasteiger partial charge < -0.3 is 15.4 Å². The third-order valence-electron chi connectivity index (χ3n) is 4.16. The summed E-state index contributed by atoms with van der Waals surface area (Å²) in [5.74, 6) is 1.76. The van der Waals surface area contributed by atoms with E-state index in [1.165, 1.54) is 17.1 Å². The van der Waals surface area contributed by atoms with Gasteiger partial charge in [0, 0.05) is 35.2 Å². The Labute approximate surface area is 163 Å². The molecule has 1 aromatic heterocycles. The molecule has 0 saturated carbocycles. The Kier molecular flexibility index (Phi) is 7.05. The van der Waals surface area contributed by atoms with Gasteiger partial charge in [-0.15, -0.1) is 0 Å². The predicted molar refractivity (Wildman–Crippen MR) is 109 cm³/mol. The molecule has 0 fully saturated rings. The second-order valence-corrected chi connectivity index (χ2v) is 7.16. The van der Waals surface area contributed by atoms with Gasteiger partial charge in [-0.3, -0.25) is 0 Å². The van der Waals surface area contributed by atoms with Crippen molar-refractivity contribution in [3.8, 4) is 11.4 Å². The van der Waals surface area contributed by atoms with E-state index < -0.39 is 0 Å². The van der Waals surface area contributed by atoms with Crippen LogP contribution < -0.4 is 10.6 Å². The highest BCUT2D eigenvalue weighted by atomic mass is 35.5. The zero-order valence-electron chi connectivity index (χ0n) is 14.8. The number of ether oxygens (including phenoxy) is 1. The predicted octanol–water partition coefficient (Wildman–Crippen LogP) is 4.50. The lowest BCUT2D eigenvalue weighted by Crippen LogP contribution is -2.23. The van der Waals surface area contributed by atoms with E-state index in [1.54, 1.807) is 7.11 Å².